The van der Waals surface area contributed by atoms with Crippen molar-refractivity contribution in [2.45, 2.75) is 71.4 Å². The number of hydrogen-bond acceptors (Lipinski definition) is 4. The summed E-state index contributed by atoms with van der Waals surface area (Å²) in [5.74, 6) is 1.12. The molecule has 1 atom stereocenters. The highest BCUT2D eigenvalue weighted by Gasteiger charge is 2.24. The van der Waals surface area contributed by atoms with Gasteiger partial charge in [0.1, 0.15) is 5.75 Å². The molecule has 0 radical (unpaired) electrons. The number of fused-ring (bicyclic) bond motifs is 1. The quantitative estimate of drug-likeness (QED) is 0.344. The number of carbonyl (C=O) groups excluding carboxylic acids is 1. The van der Waals surface area contributed by atoms with Gasteiger partial charge in [-0.05, 0) is 50.8 Å². The average Bonchev–Trinajstić information content (AvgIpc) is 2.88. The van der Waals surface area contributed by atoms with Gasteiger partial charge in [-0.2, -0.15) is 0 Å². The summed E-state index contributed by atoms with van der Waals surface area (Å²) in [6.45, 7) is 5.77. The molecule has 0 bridgehead atoms. The molecule has 1 amide bonds. The van der Waals surface area contributed by atoms with E-state index >= 15 is 0 Å². The van der Waals surface area contributed by atoms with Crippen LogP contribution in [0.3, 0.4) is 0 Å². The molecule has 1 aromatic heterocycles. The van der Waals surface area contributed by atoms with Crippen LogP contribution in [0.5, 0.6) is 5.75 Å². The maximum absolute atomic E-state index is 13.1. The third-order valence-corrected chi connectivity index (χ3v) is 6.89. The van der Waals surface area contributed by atoms with Crippen LogP contribution < -0.4 is 15.4 Å². The summed E-state index contributed by atoms with van der Waals surface area (Å²) in [6, 6.07) is 18.1. The van der Waals surface area contributed by atoms with Crippen molar-refractivity contribution < 1.29 is 9.53 Å². The summed E-state index contributed by atoms with van der Waals surface area (Å²) < 4.78 is 6.11. The highest BCUT2D eigenvalue weighted by Crippen LogP contribution is 2.36. The summed E-state index contributed by atoms with van der Waals surface area (Å²) in [6.07, 6.45) is 7.96. The maximum Gasteiger partial charge on any atom is 0.412 e. The van der Waals surface area contributed by atoms with Crippen LogP contribution in [0, 0.1) is 5.92 Å². The number of ether oxygens (including phenoxy) is 1. The van der Waals surface area contributed by atoms with Crippen molar-refractivity contribution in [3.63, 3.8) is 0 Å². The van der Waals surface area contributed by atoms with Crippen LogP contribution in [0.4, 0.5) is 4.79 Å². The number of amides is 1. The second-order valence-electron chi connectivity index (χ2n) is 9.40. The third-order valence-electron chi connectivity index (χ3n) is 6.89. The lowest BCUT2D eigenvalue weighted by atomic mass is 9.85. The summed E-state index contributed by atoms with van der Waals surface area (Å²) in [5.41, 5.74) is 3.61. The monoisotopic (exact) mass is 459 g/mol. The second-order valence-corrected chi connectivity index (χ2v) is 9.40. The van der Waals surface area contributed by atoms with E-state index in [1.807, 2.05) is 42.5 Å². The smallest absolute Gasteiger partial charge is 0.409 e. The van der Waals surface area contributed by atoms with Crippen LogP contribution in [0.25, 0.3) is 22.2 Å². The van der Waals surface area contributed by atoms with Gasteiger partial charge in [-0.3, -0.25) is 0 Å². The van der Waals surface area contributed by atoms with Gasteiger partial charge in [-0.15, -0.1) is 0 Å². The average molecular weight is 460 g/mol. The van der Waals surface area contributed by atoms with E-state index in [-0.39, 0.29) is 12.1 Å². The van der Waals surface area contributed by atoms with Crippen molar-refractivity contribution in [3.8, 4) is 17.0 Å². The third kappa shape index (κ3) is 5.95. The fraction of sp³-hybridized carbons (Fsp3) is 0.448. The van der Waals surface area contributed by atoms with Gasteiger partial charge in [-0.25, -0.2) is 9.78 Å². The molecule has 1 saturated carbocycles. The van der Waals surface area contributed by atoms with E-state index in [0.29, 0.717) is 18.2 Å². The van der Waals surface area contributed by atoms with Gasteiger partial charge in [0.05, 0.1) is 11.2 Å². The zero-order valence-corrected chi connectivity index (χ0v) is 20.5. The standard InChI is InChI=1S/C29H37N3O2/c1-3-4-19-30-20-25-27(23-15-9-6-10-16-23)32-26-18-12-11-17-24(26)28(25)34-29(33)31-21(2)22-13-7-5-8-14-22/h6,9-12,15-18,21-22,30H,3-5,7-8,13-14,19-20H2,1-2H3,(H,31,33)/t21-/m0/s1. The number of nitrogens with zero attached hydrogens (tertiary/aromatic N) is 1. The zero-order chi connectivity index (χ0) is 23.8. The van der Waals surface area contributed by atoms with E-state index < -0.39 is 0 Å². The van der Waals surface area contributed by atoms with Crippen LogP contribution >= 0.6 is 0 Å². The topological polar surface area (TPSA) is 63.3 Å². The number of carbonyl (C=O) groups is 1. The van der Waals surface area contributed by atoms with E-state index in [9.17, 15) is 4.79 Å². The molecule has 1 aliphatic rings. The van der Waals surface area contributed by atoms with Crippen molar-refractivity contribution in [2.75, 3.05) is 6.54 Å². The number of aromatic nitrogens is 1. The summed E-state index contributed by atoms with van der Waals surface area (Å²) in [4.78, 5) is 18.1. The molecule has 0 aliphatic heterocycles. The first-order valence-corrected chi connectivity index (χ1v) is 12.8. The van der Waals surface area contributed by atoms with Gasteiger partial charge in [-0.1, -0.05) is 75.1 Å². The van der Waals surface area contributed by atoms with Gasteiger partial charge in [0, 0.05) is 29.1 Å². The molecule has 1 fully saturated rings. The molecule has 5 nitrogen and oxygen atoms in total. The molecule has 0 unspecified atom stereocenters. The van der Waals surface area contributed by atoms with E-state index in [2.05, 4.69) is 36.6 Å². The van der Waals surface area contributed by atoms with Gasteiger partial charge in [0.15, 0.2) is 0 Å². The van der Waals surface area contributed by atoms with Crippen LogP contribution in [-0.2, 0) is 6.54 Å². The largest absolute Gasteiger partial charge is 0.412 e. The highest BCUT2D eigenvalue weighted by atomic mass is 16.6. The van der Waals surface area contributed by atoms with Crippen LogP contribution in [0.1, 0.15) is 64.4 Å². The molecule has 1 heterocycles. The lowest BCUT2D eigenvalue weighted by Crippen LogP contribution is -2.40. The maximum atomic E-state index is 13.1. The van der Waals surface area contributed by atoms with Crippen LogP contribution in [0.2, 0.25) is 0 Å². The second kappa shape index (κ2) is 12.0. The molecule has 34 heavy (non-hydrogen) atoms. The molecule has 2 aromatic carbocycles. The summed E-state index contributed by atoms with van der Waals surface area (Å²) >= 11 is 0. The van der Waals surface area contributed by atoms with E-state index in [1.54, 1.807) is 0 Å². The number of benzene rings is 2. The molecule has 0 spiro atoms. The molecule has 4 rings (SSSR count). The number of rotatable bonds is 9. The Bertz CT molecular complexity index is 1080. The zero-order valence-electron chi connectivity index (χ0n) is 20.5. The van der Waals surface area contributed by atoms with Crippen LogP contribution in [0.15, 0.2) is 54.6 Å². The molecule has 5 heteroatoms. The minimum Gasteiger partial charge on any atom is -0.409 e. The van der Waals surface area contributed by atoms with Crippen molar-refractivity contribution in [1.29, 1.82) is 0 Å². The lowest BCUT2D eigenvalue weighted by molar-refractivity contribution is 0.187. The van der Waals surface area contributed by atoms with Crippen LogP contribution in [-0.4, -0.2) is 23.7 Å². The minimum atomic E-state index is -0.386. The normalized spacial score (nSPS) is 15.2. The van der Waals surface area contributed by atoms with E-state index in [1.165, 1.54) is 32.1 Å². The lowest BCUT2D eigenvalue weighted by Gasteiger charge is -2.28. The molecular weight excluding hydrogens is 422 g/mol. The van der Waals surface area contributed by atoms with Gasteiger partial charge in [0.25, 0.3) is 0 Å². The molecule has 1 aliphatic carbocycles. The first kappa shape index (κ1) is 24.2. The predicted octanol–water partition coefficient (Wildman–Crippen LogP) is 6.85. The first-order chi connectivity index (χ1) is 16.7. The van der Waals surface area contributed by atoms with Gasteiger partial charge < -0.3 is 15.4 Å². The van der Waals surface area contributed by atoms with Crippen molar-refractivity contribution in [2.24, 2.45) is 5.92 Å². The van der Waals surface area contributed by atoms with Crippen molar-refractivity contribution in [3.05, 3.63) is 60.2 Å². The number of hydrogen-bond donors (Lipinski definition) is 2. The van der Waals surface area contributed by atoms with E-state index in [0.717, 1.165) is 47.1 Å². The van der Waals surface area contributed by atoms with Gasteiger partial charge in [0.2, 0.25) is 0 Å². The Morgan fingerprint density at radius 2 is 1.79 bits per heavy atom. The molecule has 180 valence electrons. The molecule has 3 aromatic rings. The minimum absolute atomic E-state index is 0.0978. The Labute approximate surface area is 203 Å². The predicted molar refractivity (Wildman–Crippen MR) is 139 cm³/mol. The van der Waals surface area contributed by atoms with Crippen molar-refractivity contribution >= 4 is 17.0 Å². The Hall–Kier alpha value is -2.92. The fourth-order valence-corrected chi connectivity index (χ4v) is 4.91. The number of unbranched alkanes of at least 4 members (excludes halogenated alkanes) is 1. The number of nitrogens with one attached hydrogen (secondary N) is 2. The first-order valence-electron chi connectivity index (χ1n) is 12.8. The summed E-state index contributed by atoms with van der Waals surface area (Å²) in [7, 11) is 0. The molecule has 0 saturated heterocycles. The van der Waals surface area contributed by atoms with Gasteiger partial charge >= 0.3 is 6.09 Å². The van der Waals surface area contributed by atoms with E-state index in [4.69, 9.17) is 9.72 Å². The summed E-state index contributed by atoms with van der Waals surface area (Å²) in [5, 5.41) is 7.51. The Morgan fingerprint density at radius 1 is 1.06 bits per heavy atom. The number of pyridine rings is 1. The molecular formula is C29H37N3O2. The van der Waals surface area contributed by atoms with Crippen molar-refractivity contribution in [1.82, 2.24) is 15.6 Å². The molecule has 2 N–H and O–H groups in total. The Balaban J connectivity index is 1.68. The number of para-hydroxylation sites is 1. The fourth-order valence-electron chi connectivity index (χ4n) is 4.91. The Kier molecular flexibility index (Phi) is 8.53. The Morgan fingerprint density at radius 3 is 2.56 bits per heavy atom. The highest BCUT2D eigenvalue weighted by molar-refractivity contribution is 5.92. The SMILES string of the molecule is CCCCNCc1c(-c2ccccc2)nc2ccccc2c1OC(=O)N[C@@H](C)C1CCCCC1.